The van der Waals surface area contributed by atoms with Crippen molar-refractivity contribution < 1.29 is 4.79 Å². The number of carbonyl (C=O) groups is 1. The van der Waals surface area contributed by atoms with Gasteiger partial charge in [0.2, 0.25) is 0 Å². The molecule has 0 fully saturated rings. The molecule has 0 aliphatic heterocycles. The molecule has 1 nitrogen and oxygen atoms in total. The lowest BCUT2D eigenvalue weighted by Crippen LogP contribution is -2.40. The van der Waals surface area contributed by atoms with Crippen LogP contribution in [0.4, 0.5) is 0 Å². The Labute approximate surface area is 144 Å². The zero-order valence-electron chi connectivity index (χ0n) is 14.2. The van der Waals surface area contributed by atoms with Crippen LogP contribution in [0.25, 0.3) is 0 Å². The molecule has 3 atom stereocenters. The average molecular weight is 316 g/mol. The minimum atomic E-state index is -0.266. The molecule has 0 spiro atoms. The van der Waals surface area contributed by atoms with E-state index >= 15 is 0 Å². The molecule has 24 heavy (non-hydrogen) atoms. The number of rotatable bonds is 2. The first-order valence-corrected chi connectivity index (χ1v) is 9.03. The number of Topliss-reactive ketones (excluding diaryl/α,β-unsaturated/α-hetero) is 1. The van der Waals surface area contributed by atoms with Gasteiger partial charge in [-0.2, -0.15) is 0 Å². The van der Waals surface area contributed by atoms with Crippen LogP contribution in [-0.4, -0.2) is 5.78 Å². The third-order valence-electron chi connectivity index (χ3n) is 6.11. The molecule has 0 saturated carbocycles. The molecule has 0 heterocycles. The Morgan fingerprint density at radius 1 is 1.00 bits per heavy atom. The first kappa shape index (κ1) is 15.4. The Balaban J connectivity index is 1.63. The van der Waals surface area contributed by atoms with Gasteiger partial charge >= 0.3 is 0 Å². The van der Waals surface area contributed by atoms with Crippen molar-refractivity contribution in [2.45, 2.75) is 38.5 Å². The molecule has 2 aromatic carbocycles. The van der Waals surface area contributed by atoms with Gasteiger partial charge in [0.15, 0.2) is 5.78 Å². The highest BCUT2D eigenvalue weighted by Gasteiger charge is 2.44. The van der Waals surface area contributed by atoms with Crippen LogP contribution < -0.4 is 0 Å². The van der Waals surface area contributed by atoms with Gasteiger partial charge in [-0.1, -0.05) is 73.7 Å². The summed E-state index contributed by atoms with van der Waals surface area (Å²) in [5, 5.41) is 0. The largest absolute Gasteiger partial charge is 0.294 e. The summed E-state index contributed by atoms with van der Waals surface area (Å²) in [5.41, 5.74) is 3.30. The minimum Gasteiger partial charge on any atom is -0.294 e. The zero-order valence-corrected chi connectivity index (χ0v) is 14.2. The van der Waals surface area contributed by atoms with Crippen LogP contribution in [0.2, 0.25) is 0 Å². The molecule has 0 radical (unpaired) electrons. The van der Waals surface area contributed by atoms with E-state index in [0.717, 1.165) is 31.2 Å². The summed E-state index contributed by atoms with van der Waals surface area (Å²) < 4.78 is 0. The van der Waals surface area contributed by atoms with E-state index in [-0.39, 0.29) is 5.41 Å². The van der Waals surface area contributed by atoms with E-state index < -0.39 is 0 Å². The molecule has 122 valence electrons. The van der Waals surface area contributed by atoms with Crippen molar-refractivity contribution in [2.24, 2.45) is 11.3 Å². The van der Waals surface area contributed by atoms with E-state index in [1.54, 1.807) is 0 Å². The van der Waals surface area contributed by atoms with E-state index in [1.165, 1.54) is 11.1 Å². The van der Waals surface area contributed by atoms with E-state index in [0.29, 0.717) is 17.6 Å². The molecule has 4 rings (SSSR count). The maximum Gasteiger partial charge on any atom is 0.169 e. The highest BCUT2D eigenvalue weighted by molar-refractivity contribution is 6.02. The lowest BCUT2D eigenvalue weighted by atomic mass is 9.61. The molecule has 0 amide bonds. The number of aryl methyl sites for hydroxylation is 1. The molecule has 0 aromatic heterocycles. The molecule has 2 aromatic rings. The van der Waals surface area contributed by atoms with Crippen LogP contribution in [0, 0.1) is 11.3 Å². The summed E-state index contributed by atoms with van der Waals surface area (Å²) in [6.07, 6.45) is 8.74. The smallest absolute Gasteiger partial charge is 0.169 e. The number of benzene rings is 2. The first-order chi connectivity index (χ1) is 11.7. The topological polar surface area (TPSA) is 17.1 Å². The Hall–Kier alpha value is -2.15. The fourth-order valence-electron chi connectivity index (χ4n) is 4.49. The molecule has 2 aliphatic carbocycles. The molecule has 2 aliphatic rings. The second-order valence-electron chi connectivity index (χ2n) is 7.52. The maximum absolute atomic E-state index is 13.2. The Kier molecular flexibility index (Phi) is 3.88. The van der Waals surface area contributed by atoms with Crippen molar-refractivity contribution in [1.82, 2.24) is 0 Å². The van der Waals surface area contributed by atoms with Crippen LogP contribution in [0.15, 0.2) is 66.7 Å². The minimum absolute atomic E-state index is 0.266. The van der Waals surface area contributed by atoms with E-state index in [2.05, 4.69) is 55.5 Å². The fourth-order valence-corrected chi connectivity index (χ4v) is 4.49. The second-order valence-corrected chi connectivity index (χ2v) is 7.52. The molecular formula is C23H24O. The average Bonchev–Trinajstić information content (AvgIpc) is 2.66. The summed E-state index contributed by atoms with van der Waals surface area (Å²) in [4.78, 5) is 13.2. The van der Waals surface area contributed by atoms with Gasteiger partial charge < -0.3 is 0 Å². The van der Waals surface area contributed by atoms with E-state index in [9.17, 15) is 4.79 Å². The van der Waals surface area contributed by atoms with Crippen LogP contribution >= 0.6 is 0 Å². The number of allylic oxidation sites excluding steroid dienone is 2. The highest BCUT2D eigenvalue weighted by atomic mass is 16.1. The van der Waals surface area contributed by atoms with Gasteiger partial charge in [0.25, 0.3) is 0 Å². The molecule has 1 heteroatoms. The number of hydrogen-bond donors (Lipinski definition) is 0. The Morgan fingerprint density at radius 2 is 1.75 bits per heavy atom. The van der Waals surface area contributed by atoms with Crippen molar-refractivity contribution >= 4 is 5.78 Å². The highest BCUT2D eigenvalue weighted by Crippen LogP contribution is 2.47. The van der Waals surface area contributed by atoms with Gasteiger partial charge in [-0.3, -0.25) is 4.79 Å². The van der Waals surface area contributed by atoms with Crippen molar-refractivity contribution in [1.29, 1.82) is 0 Å². The standard InChI is InChI=1S/C23H24O/c1-23(15-14-18-10-5-6-13-21(18)22(23)24)20-12-7-11-19(16-20)17-8-3-2-4-9-17/h2-10,12-13,19-20H,11,14-16H2,1H3/t19-,20+,23+/m1/s1. The van der Waals surface area contributed by atoms with Gasteiger partial charge in [0.05, 0.1) is 0 Å². The van der Waals surface area contributed by atoms with Crippen LogP contribution in [0.3, 0.4) is 0 Å². The number of fused-ring (bicyclic) bond motifs is 1. The summed E-state index contributed by atoms with van der Waals surface area (Å²) in [5.74, 6) is 1.20. The number of carbonyl (C=O) groups excluding carboxylic acids is 1. The van der Waals surface area contributed by atoms with Gasteiger partial charge in [-0.15, -0.1) is 0 Å². The zero-order chi connectivity index (χ0) is 16.6. The summed E-state index contributed by atoms with van der Waals surface area (Å²) in [6, 6.07) is 18.9. The van der Waals surface area contributed by atoms with Crippen LogP contribution in [0.1, 0.15) is 53.6 Å². The second kappa shape index (κ2) is 6.05. The van der Waals surface area contributed by atoms with Crippen molar-refractivity contribution in [3.05, 3.63) is 83.4 Å². The summed E-state index contributed by atoms with van der Waals surface area (Å²) in [7, 11) is 0. The van der Waals surface area contributed by atoms with Gasteiger partial charge in [-0.05, 0) is 48.6 Å². The van der Waals surface area contributed by atoms with Crippen molar-refractivity contribution in [3.8, 4) is 0 Å². The first-order valence-electron chi connectivity index (χ1n) is 9.03. The van der Waals surface area contributed by atoms with Crippen LogP contribution in [-0.2, 0) is 6.42 Å². The molecular weight excluding hydrogens is 292 g/mol. The third-order valence-corrected chi connectivity index (χ3v) is 6.11. The van der Waals surface area contributed by atoms with Crippen LogP contribution in [0.5, 0.6) is 0 Å². The van der Waals surface area contributed by atoms with E-state index in [4.69, 9.17) is 0 Å². The predicted molar refractivity (Wildman–Crippen MR) is 98.2 cm³/mol. The fraction of sp³-hybridized carbons (Fsp3) is 0.348. The summed E-state index contributed by atoms with van der Waals surface area (Å²) >= 11 is 0. The lowest BCUT2D eigenvalue weighted by Gasteiger charge is -2.41. The maximum atomic E-state index is 13.2. The normalized spacial score (nSPS) is 29.3. The number of ketones is 1. The monoisotopic (exact) mass is 316 g/mol. The van der Waals surface area contributed by atoms with Gasteiger partial charge in [-0.25, -0.2) is 0 Å². The molecule has 0 N–H and O–H groups in total. The third kappa shape index (κ3) is 2.53. The SMILES string of the molecule is C[C@@]1([C@H]2C=CC[C@@H](c3ccccc3)C2)CCc2ccccc2C1=O. The Bertz CT molecular complexity index is 774. The van der Waals surface area contributed by atoms with E-state index in [1.807, 2.05) is 18.2 Å². The van der Waals surface area contributed by atoms with Crippen molar-refractivity contribution in [3.63, 3.8) is 0 Å². The van der Waals surface area contributed by atoms with Crippen molar-refractivity contribution in [2.75, 3.05) is 0 Å². The molecule has 0 unspecified atom stereocenters. The molecule has 0 saturated heterocycles. The summed E-state index contributed by atoms with van der Waals surface area (Å²) in [6.45, 7) is 2.19. The number of hydrogen-bond acceptors (Lipinski definition) is 1. The van der Waals surface area contributed by atoms with Gasteiger partial charge in [0.1, 0.15) is 0 Å². The molecule has 0 bridgehead atoms. The van der Waals surface area contributed by atoms with Gasteiger partial charge in [0, 0.05) is 11.0 Å². The quantitative estimate of drug-likeness (QED) is 0.662. The predicted octanol–water partition coefficient (Wildman–Crippen LogP) is 5.57. The lowest BCUT2D eigenvalue weighted by molar-refractivity contribution is 0.0685. The Morgan fingerprint density at radius 3 is 2.58 bits per heavy atom.